The number of aliphatic hydroxyl groups is 1. The van der Waals surface area contributed by atoms with Gasteiger partial charge in [0.2, 0.25) is 5.95 Å². The number of rotatable bonds is 4. The zero-order valence-corrected chi connectivity index (χ0v) is 8.51. The van der Waals surface area contributed by atoms with E-state index in [4.69, 9.17) is 16.7 Å². The molecule has 1 heterocycles. The molecule has 1 unspecified atom stereocenters. The SMILES string of the molecule is CC(O)CCNc1ncc(Cl)c(=O)[nH]1. The normalized spacial score (nSPS) is 12.5. The number of anilines is 1. The molecule has 78 valence electrons. The van der Waals surface area contributed by atoms with E-state index in [-0.39, 0.29) is 16.7 Å². The van der Waals surface area contributed by atoms with Crippen LogP contribution in [0.15, 0.2) is 11.0 Å². The van der Waals surface area contributed by atoms with Crippen molar-refractivity contribution in [1.82, 2.24) is 9.97 Å². The highest BCUT2D eigenvalue weighted by atomic mass is 35.5. The van der Waals surface area contributed by atoms with E-state index < -0.39 is 0 Å². The predicted molar refractivity (Wildman–Crippen MR) is 54.7 cm³/mol. The van der Waals surface area contributed by atoms with E-state index in [9.17, 15) is 4.79 Å². The van der Waals surface area contributed by atoms with E-state index in [0.29, 0.717) is 18.9 Å². The van der Waals surface area contributed by atoms with Crippen molar-refractivity contribution in [2.24, 2.45) is 0 Å². The maximum atomic E-state index is 11.0. The Balaban J connectivity index is 2.52. The fourth-order valence-corrected chi connectivity index (χ4v) is 0.965. The monoisotopic (exact) mass is 217 g/mol. The van der Waals surface area contributed by atoms with E-state index in [1.807, 2.05) is 0 Å². The maximum Gasteiger partial charge on any atom is 0.271 e. The quantitative estimate of drug-likeness (QED) is 0.691. The summed E-state index contributed by atoms with van der Waals surface area (Å²) in [6.07, 6.45) is 1.50. The summed E-state index contributed by atoms with van der Waals surface area (Å²) in [4.78, 5) is 17.3. The number of aromatic amines is 1. The smallest absolute Gasteiger partial charge is 0.271 e. The van der Waals surface area contributed by atoms with E-state index in [0.717, 1.165) is 0 Å². The van der Waals surface area contributed by atoms with Crippen LogP contribution in [-0.4, -0.2) is 27.7 Å². The van der Waals surface area contributed by atoms with Gasteiger partial charge in [0.15, 0.2) is 0 Å². The van der Waals surface area contributed by atoms with Crippen molar-refractivity contribution >= 4 is 17.5 Å². The highest BCUT2D eigenvalue weighted by Gasteiger charge is 1.99. The zero-order valence-electron chi connectivity index (χ0n) is 7.75. The molecule has 0 aromatic carbocycles. The first kappa shape index (κ1) is 11.0. The van der Waals surface area contributed by atoms with Gasteiger partial charge in [-0.3, -0.25) is 9.78 Å². The lowest BCUT2D eigenvalue weighted by molar-refractivity contribution is 0.188. The molecule has 0 aliphatic heterocycles. The van der Waals surface area contributed by atoms with Crippen LogP contribution in [0.3, 0.4) is 0 Å². The molecule has 1 rings (SSSR count). The van der Waals surface area contributed by atoms with Crippen LogP contribution in [0.25, 0.3) is 0 Å². The zero-order chi connectivity index (χ0) is 10.6. The Bertz CT molecular complexity index is 351. The van der Waals surface area contributed by atoms with Gasteiger partial charge in [-0.25, -0.2) is 4.98 Å². The third-order valence-corrected chi connectivity index (χ3v) is 1.88. The molecular formula is C8H12ClN3O2. The van der Waals surface area contributed by atoms with Crippen molar-refractivity contribution in [1.29, 1.82) is 0 Å². The molecule has 0 spiro atoms. The Morgan fingerprint density at radius 2 is 2.50 bits per heavy atom. The van der Waals surface area contributed by atoms with Crippen molar-refractivity contribution in [3.8, 4) is 0 Å². The first-order valence-corrected chi connectivity index (χ1v) is 4.64. The van der Waals surface area contributed by atoms with Gasteiger partial charge < -0.3 is 10.4 Å². The van der Waals surface area contributed by atoms with Gasteiger partial charge in [0.05, 0.1) is 12.3 Å². The molecule has 0 radical (unpaired) electrons. The van der Waals surface area contributed by atoms with Gasteiger partial charge in [0, 0.05) is 6.54 Å². The van der Waals surface area contributed by atoms with Crippen LogP contribution in [0, 0.1) is 0 Å². The van der Waals surface area contributed by atoms with Crippen LogP contribution in [0.1, 0.15) is 13.3 Å². The van der Waals surface area contributed by atoms with Gasteiger partial charge >= 0.3 is 0 Å². The molecule has 5 nitrogen and oxygen atoms in total. The summed E-state index contributed by atoms with van der Waals surface area (Å²) in [5, 5.41) is 11.9. The fourth-order valence-electron chi connectivity index (χ4n) is 0.869. The van der Waals surface area contributed by atoms with Crippen LogP contribution in [-0.2, 0) is 0 Å². The van der Waals surface area contributed by atoms with Crippen LogP contribution in [0.2, 0.25) is 5.02 Å². The Morgan fingerprint density at radius 1 is 1.79 bits per heavy atom. The molecule has 6 heteroatoms. The molecule has 1 aromatic rings. The summed E-state index contributed by atoms with van der Waals surface area (Å²) >= 11 is 5.49. The van der Waals surface area contributed by atoms with Gasteiger partial charge in [-0.2, -0.15) is 0 Å². The number of halogens is 1. The third-order valence-electron chi connectivity index (χ3n) is 1.61. The fraction of sp³-hybridized carbons (Fsp3) is 0.500. The lowest BCUT2D eigenvalue weighted by atomic mass is 10.3. The van der Waals surface area contributed by atoms with Crippen molar-refractivity contribution in [3.05, 3.63) is 21.6 Å². The molecular weight excluding hydrogens is 206 g/mol. The number of aliphatic hydroxyl groups excluding tert-OH is 1. The largest absolute Gasteiger partial charge is 0.393 e. The Labute approximate surface area is 86.1 Å². The van der Waals surface area contributed by atoms with Gasteiger partial charge in [-0.05, 0) is 13.3 Å². The summed E-state index contributed by atoms with van der Waals surface area (Å²) < 4.78 is 0. The minimum absolute atomic E-state index is 0.0612. The summed E-state index contributed by atoms with van der Waals surface area (Å²) in [5.41, 5.74) is -0.374. The van der Waals surface area contributed by atoms with Crippen LogP contribution >= 0.6 is 11.6 Å². The molecule has 14 heavy (non-hydrogen) atoms. The topological polar surface area (TPSA) is 78.0 Å². The van der Waals surface area contributed by atoms with E-state index >= 15 is 0 Å². The summed E-state index contributed by atoms with van der Waals surface area (Å²) in [7, 11) is 0. The summed E-state index contributed by atoms with van der Waals surface area (Å²) in [6, 6.07) is 0. The lowest BCUT2D eigenvalue weighted by Gasteiger charge is -2.06. The van der Waals surface area contributed by atoms with Gasteiger partial charge in [0.25, 0.3) is 5.56 Å². The lowest BCUT2D eigenvalue weighted by Crippen LogP contribution is -2.15. The van der Waals surface area contributed by atoms with Crippen molar-refractivity contribution in [3.63, 3.8) is 0 Å². The second kappa shape index (κ2) is 4.97. The standard InChI is InChI=1S/C8H12ClN3O2/c1-5(13)2-3-10-8-11-4-6(9)7(14)12-8/h4-5,13H,2-3H2,1H3,(H2,10,11,12,14). The number of hydrogen-bond donors (Lipinski definition) is 3. The molecule has 0 bridgehead atoms. The van der Waals surface area contributed by atoms with Crippen molar-refractivity contribution < 1.29 is 5.11 Å². The van der Waals surface area contributed by atoms with E-state index in [1.165, 1.54) is 6.20 Å². The molecule has 0 saturated heterocycles. The Hall–Kier alpha value is -1.07. The first-order valence-electron chi connectivity index (χ1n) is 4.26. The molecule has 1 atom stereocenters. The molecule has 0 saturated carbocycles. The van der Waals surface area contributed by atoms with Gasteiger partial charge in [-0.1, -0.05) is 11.6 Å². The maximum absolute atomic E-state index is 11.0. The minimum atomic E-state index is -0.374. The average Bonchev–Trinajstić information content (AvgIpc) is 2.10. The number of aromatic nitrogens is 2. The average molecular weight is 218 g/mol. The molecule has 0 fully saturated rings. The Morgan fingerprint density at radius 3 is 3.07 bits per heavy atom. The molecule has 3 N–H and O–H groups in total. The van der Waals surface area contributed by atoms with Crippen molar-refractivity contribution in [2.45, 2.75) is 19.4 Å². The highest BCUT2D eigenvalue weighted by molar-refractivity contribution is 6.30. The van der Waals surface area contributed by atoms with Crippen LogP contribution < -0.4 is 10.9 Å². The second-order valence-corrected chi connectivity index (χ2v) is 3.38. The van der Waals surface area contributed by atoms with Gasteiger partial charge in [0.1, 0.15) is 5.02 Å². The third kappa shape index (κ3) is 3.35. The molecule has 0 aliphatic rings. The first-order chi connectivity index (χ1) is 6.59. The van der Waals surface area contributed by atoms with Crippen molar-refractivity contribution in [2.75, 3.05) is 11.9 Å². The number of nitrogens with zero attached hydrogens (tertiary/aromatic N) is 1. The van der Waals surface area contributed by atoms with E-state index in [2.05, 4.69) is 15.3 Å². The number of hydrogen-bond acceptors (Lipinski definition) is 4. The Kier molecular flexibility index (Phi) is 3.91. The van der Waals surface area contributed by atoms with E-state index in [1.54, 1.807) is 6.92 Å². The van der Waals surface area contributed by atoms with Crippen LogP contribution in [0.5, 0.6) is 0 Å². The molecule has 1 aromatic heterocycles. The number of H-pyrrole nitrogens is 1. The molecule has 0 aliphatic carbocycles. The predicted octanol–water partition coefficient (Wildman–Crippen LogP) is 0.606. The summed E-state index contributed by atoms with van der Waals surface area (Å²) in [5.74, 6) is 0.361. The summed E-state index contributed by atoms with van der Waals surface area (Å²) in [6.45, 7) is 2.24. The second-order valence-electron chi connectivity index (χ2n) is 2.97. The molecule has 0 amide bonds. The highest BCUT2D eigenvalue weighted by Crippen LogP contribution is 2.00. The number of nitrogens with one attached hydrogen (secondary N) is 2. The van der Waals surface area contributed by atoms with Gasteiger partial charge in [-0.15, -0.1) is 0 Å². The van der Waals surface area contributed by atoms with Crippen LogP contribution in [0.4, 0.5) is 5.95 Å². The minimum Gasteiger partial charge on any atom is -0.393 e.